The monoisotopic (exact) mass is 349 g/mol. The second kappa shape index (κ2) is 8.62. The lowest BCUT2D eigenvalue weighted by Crippen LogP contribution is -2.52. The number of carbonyl (C=O) groups is 2. The van der Waals surface area contributed by atoms with E-state index < -0.39 is 0 Å². The Bertz CT molecular complexity index is 540. The van der Waals surface area contributed by atoms with Gasteiger partial charge < -0.3 is 15.5 Å². The Morgan fingerprint density at radius 1 is 1.29 bits per heavy atom. The van der Waals surface area contributed by atoms with Crippen molar-refractivity contribution in [3.63, 3.8) is 0 Å². The largest absolute Gasteiger partial charge is 0.354 e. The van der Waals surface area contributed by atoms with E-state index in [2.05, 4.69) is 10.6 Å². The van der Waals surface area contributed by atoms with Gasteiger partial charge in [0.15, 0.2) is 0 Å². The molecule has 0 spiro atoms. The average Bonchev–Trinajstić information content (AvgIpc) is 3.16. The van der Waals surface area contributed by atoms with E-state index in [0.29, 0.717) is 19.0 Å². The highest BCUT2D eigenvalue weighted by Gasteiger charge is 2.32. The van der Waals surface area contributed by atoms with Crippen LogP contribution in [0.5, 0.6) is 0 Å². The van der Waals surface area contributed by atoms with E-state index in [9.17, 15) is 9.59 Å². The van der Waals surface area contributed by atoms with Gasteiger partial charge in [0.2, 0.25) is 5.91 Å². The molecule has 2 aliphatic rings. The molecule has 1 aromatic rings. The van der Waals surface area contributed by atoms with Crippen LogP contribution in [-0.2, 0) is 4.79 Å². The third-order valence-electron chi connectivity index (χ3n) is 5.05. The van der Waals surface area contributed by atoms with Crippen molar-refractivity contribution in [3.05, 3.63) is 22.4 Å². The molecule has 2 unspecified atom stereocenters. The highest BCUT2D eigenvalue weighted by atomic mass is 32.1. The molecule has 132 valence electrons. The zero-order valence-corrected chi connectivity index (χ0v) is 14.9. The molecule has 2 amide bonds. The Hall–Kier alpha value is -1.40. The molecular weight excluding hydrogens is 322 g/mol. The fourth-order valence-electron chi connectivity index (χ4n) is 3.68. The van der Waals surface area contributed by atoms with Gasteiger partial charge in [0, 0.05) is 13.1 Å². The molecule has 2 atom stereocenters. The van der Waals surface area contributed by atoms with E-state index in [-0.39, 0.29) is 17.9 Å². The summed E-state index contributed by atoms with van der Waals surface area (Å²) in [5, 5.41) is 8.39. The Balaban J connectivity index is 1.52. The lowest BCUT2D eigenvalue weighted by molar-refractivity contribution is -0.126. The quantitative estimate of drug-likeness (QED) is 0.857. The molecule has 2 N–H and O–H groups in total. The van der Waals surface area contributed by atoms with Crippen molar-refractivity contribution in [1.29, 1.82) is 0 Å². The number of likely N-dealkylation sites (tertiary alicyclic amines) is 1. The average molecular weight is 350 g/mol. The summed E-state index contributed by atoms with van der Waals surface area (Å²) >= 11 is 1.45. The third-order valence-corrected chi connectivity index (χ3v) is 5.91. The van der Waals surface area contributed by atoms with Crippen LogP contribution in [0.25, 0.3) is 0 Å². The van der Waals surface area contributed by atoms with E-state index in [1.807, 2.05) is 17.5 Å². The summed E-state index contributed by atoms with van der Waals surface area (Å²) in [7, 11) is 0. The standard InChI is InChI=1S/C18H27N3O2S/c22-17(20-10-8-14-5-3-9-19-13-14)15-6-1-2-11-21(15)18(23)16-7-4-12-24-16/h4,7,12,14-15,19H,1-3,5-6,8-11,13H2,(H,20,22). The maximum absolute atomic E-state index is 12.6. The van der Waals surface area contributed by atoms with Crippen molar-refractivity contribution >= 4 is 23.2 Å². The molecule has 24 heavy (non-hydrogen) atoms. The first-order chi connectivity index (χ1) is 11.8. The van der Waals surface area contributed by atoms with Crippen LogP contribution in [0, 0.1) is 5.92 Å². The van der Waals surface area contributed by atoms with Crippen LogP contribution in [0.3, 0.4) is 0 Å². The van der Waals surface area contributed by atoms with E-state index in [0.717, 1.165) is 43.6 Å². The van der Waals surface area contributed by atoms with E-state index >= 15 is 0 Å². The zero-order chi connectivity index (χ0) is 16.8. The van der Waals surface area contributed by atoms with Gasteiger partial charge in [0.05, 0.1) is 4.88 Å². The Morgan fingerprint density at radius 2 is 2.21 bits per heavy atom. The maximum atomic E-state index is 12.6. The minimum Gasteiger partial charge on any atom is -0.354 e. The molecule has 2 saturated heterocycles. The SMILES string of the molecule is O=C(NCCC1CCCNC1)C1CCCCN1C(=O)c1cccs1. The van der Waals surface area contributed by atoms with E-state index in [1.54, 1.807) is 4.90 Å². The van der Waals surface area contributed by atoms with E-state index in [1.165, 1.54) is 24.2 Å². The molecular formula is C18H27N3O2S. The van der Waals surface area contributed by atoms with Crippen LogP contribution >= 0.6 is 11.3 Å². The summed E-state index contributed by atoms with van der Waals surface area (Å²) in [6.07, 6.45) is 6.26. The minimum absolute atomic E-state index is 0.00123. The second-order valence-corrected chi connectivity index (χ2v) is 7.73. The van der Waals surface area contributed by atoms with Gasteiger partial charge >= 0.3 is 0 Å². The molecule has 5 nitrogen and oxygen atoms in total. The van der Waals surface area contributed by atoms with Crippen LogP contribution < -0.4 is 10.6 Å². The van der Waals surface area contributed by atoms with Gasteiger partial charge in [0.1, 0.15) is 6.04 Å². The molecule has 3 heterocycles. The van der Waals surface area contributed by atoms with Gasteiger partial charge in [-0.1, -0.05) is 6.07 Å². The summed E-state index contributed by atoms with van der Waals surface area (Å²) in [4.78, 5) is 27.7. The number of rotatable bonds is 5. The van der Waals surface area contributed by atoms with Crippen LogP contribution in [-0.4, -0.2) is 48.9 Å². The molecule has 0 aromatic carbocycles. The number of hydrogen-bond donors (Lipinski definition) is 2. The lowest BCUT2D eigenvalue weighted by Gasteiger charge is -2.34. The number of nitrogens with one attached hydrogen (secondary N) is 2. The number of hydrogen-bond acceptors (Lipinski definition) is 4. The lowest BCUT2D eigenvalue weighted by atomic mass is 9.96. The highest BCUT2D eigenvalue weighted by molar-refractivity contribution is 7.12. The number of carbonyl (C=O) groups excluding carboxylic acids is 2. The van der Waals surface area contributed by atoms with Crippen LogP contribution in [0.4, 0.5) is 0 Å². The Labute approximate surface area is 147 Å². The summed E-state index contributed by atoms with van der Waals surface area (Å²) in [6, 6.07) is 3.42. The fourth-order valence-corrected chi connectivity index (χ4v) is 4.36. The molecule has 0 aliphatic carbocycles. The molecule has 2 fully saturated rings. The van der Waals surface area contributed by atoms with Gasteiger partial charge in [-0.25, -0.2) is 0 Å². The first kappa shape index (κ1) is 17.4. The van der Waals surface area contributed by atoms with Crippen LogP contribution in [0.15, 0.2) is 17.5 Å². The molecule has 2 aliphatic heterocycles. The van der Waals surface area contributed by atoms with Crippen molar-refractivity contribution < 1.29 is 9.59 Å². The van der Waals surface area contributed by atoms with Gasteiger partial charge in [0.25, 0.3) is 5.91 Å². The summed E-state index contributed by atoms with van der Waals surface area (Å²) < 4.78 is 0. The third kappa shape index (κ3) is 4.36. The first-order valence-corrected chi connectivity index (χ1v) is 9.96. The van der Waals surface area contributed by atoms with Crippen LogP contribution in [0.1, 0.15) is 48.2 Å². The predicted octanol–water partition coefficient (Wildman–Crippen LogP) is 2.25. The van der Waals surface area contributed by atoms with Crippen molar-refractivity contribution in [3.8, 4) is 0 Å². The van der Waals surface area contributed by atoms with Crippen molar-refractivity contribution in [2.45, 2.75) is 44.6 Å². The Kier molecular flexibility index (Phi) is 6.26. The highest BCUT2D eigenvalue weighted by Crippen LogP contribution is 2.22. The number of amides is 2. The predicted molar refractivity (Wildman–Crippen MR) is 96.2 cm³/mol. The van der Waals surface area contributed by atoms with Gasteiger partial charge in [-0.2, -0.15) is 0 Å². The fraction of sp³-hybridized carbons (Fsp3) is 0.667. The topological polar surface area (TPSA) is 61.4 Å². The maximum Gasteiger partial charge on any atom is 0.264 e. The first-order valence-electron chi connectivity index (χ1n) is 9.08. The summed E-state index contributed by atoms with van der Waals surface area (Å²) in [5.41, 5.74) is 0. The van der Waals surface area contributed by atoms with Gasteiger partial charge in [-0.05, 0) is 69.0 Å². The molecule has 0 bridgehead atoms. The van der Waals surface area contributed by atoms with Crippen molar-refractivity contribution in [1.82, 2.24) is 15.5 Å². The molecule has 6 heteroatoms. The minimum atomic E-state index is -0.308. The van der Waals surface area contributed by atoms with E-state index in [4.69, 9.17) is 0 Å². The summed E-state index contributed by atoms with van der Waals surface area (Å²) in [6.45, 7) is 3.57. The molecule has 3 rings (SSSR count). The zero-order valence-electron chi connectivity index (χ0n) is 14.1. The second-order valence-electron chi connectivity index (χ2n) is 6.78. The van der Waals surface area contributed by atoms with Gasteiger partial charge in [-0.15, -0.1) is 11.3 Å². The number of nitrogens with zero attached hydrogens (tertiary/aromatic N) is 1. The molecule has 0 saturated carbocycles. The van der Waals surface area contributed by atoms with Crippen molar-refractivity contribution in [2.75, 3.05) is 26.2 Å². The molecule has 0 radical (unpaired) electrons. The number of thiophene rings is 1. The smallest absolute Gasteiger partial charge is 0.264 e. The Morgan fingerprint density at radius 3 is 2.96 bits per heavy atom. The summed E-state index contributed by atoms with van der Waals surface area (Å²) in [5.74, 6) is 0.680. The number of piperidine rings is 2. The van der Waals surface area contributed by atoms with Crippen LogP contribution in [0.2, 0.25) is 0 Å². The molecule has 1 aromatic heterocycles. The van der Waals surface area contributed by atoms with Crippen molar-refractivity contribution in [2.24, 2.45) is 5.92 Å². The van der Waals surface area contributed by atoms with Gasteiger partial charge in [-0.3, -0.25) is 9.59 Å². The normalized spacial score (nSPS) is 24.6.